The van der Waals surface area contributed by atoms with Gasteiger partial charge in [-0.2, -0.15) is 0 Å². The number of nitrogens with one attached hydrogen (secondary N) is 1. The number of aliphatic hydroxyl groups is 2. The molecule has 1 radical (unpaired) electrons. The van der Waals surface area contributed by atoms with Crippen molar-refractivity contribution in [2.45, 2.75) is 37.5 Å². The molecule has 0 saturated heterocycles. The summed E-state index contributed by atoms with van der Waals surface area (Å²) in [6.45, 7) is 1.65. The Morgan fingerprint density at radius 2 is 2.07 bits per heavy atom. The number of nitrogens with zero attached hydrogens (tertiary/aromatic N) is 2. The normalized spacial score (nSPS) is 20.9. The third-order valence-corrected chi connectivity index (χ3v) is 5.24. The molecule has 2 aromatic heterocycles. The molecule has 0 amide bonds. The van der Waals surface area contributed by atoms with E-state index >= 15 is 0 Å². The van der Waals surface area contributed by atoms with Crippen LogP contribution >= 0.6 is 0 Å². The summed E-state index contributed by atoms with van der Waals surface area (Å²) in [4.78, 5) is 21.2. The highest BCUT2D eigenvalue weighted by molar-refractivity contribution is 6.10. The molecule has 0 bridgehead atoms. The minimum atomic E-state index is -1.30. The van der Waals surface area contributed by atoms with Gasteiger partial charge in [-0.05, 0) is 37.8 Å². The lowest BCUT2D eigenvalue weighted by Crippen LogP contribution is -2.22. The molecular formula is C22H22N3O4. The number of aromatic nitrogens is 2. The number of benzene rings is 1. The van der Waals surface area contributed by atoms with Crippen molar-refractivity contribution in [3.8, 4) is 0 Å². The SMILES string of the molecule is C[C@](O)(c1ccccc1)c1coc(C(=O)c2cncnc2N[C@@H]2C[CH][C@H](O)C2)c1. The topological polar surface area (TPSA) is 108 Å². The lowest BCUT2D eigenvalue weighted by atomic mass is 9.90. The molecule has 1 fully saturated rings. The average Bonchev–Trinajstić information content (AvgIpc) is 3.38. The minimum Gasteiger partial charge on any atom is -0.460 e. The number of rotatable bonds is 6. The molecule has 7 nitrogen and oxygen atoms in total. The molecule has 3 aromatic rings. The van der Waals surface area contributed by atoms with Crippen molar-refractivity contribution in [2.24, 2.45) is 0 Å². The van der Waals surface area contributed by atoms with Crippen LogP contribution in [0.15, 0.2) is 59.6 Å². The molecule has 1 aromatic carbocycles. The van der Waals surface area contributed by atoms with Crippen molar-refractivity contribution in [2.75, 3.05) is 5.32 Å². The molecule has 4 rings (SSSR count). The van der Waals surface area contributed by atoms with Gasteiger partial charge in [0.1, 0.15) is 17.7 Å². The summed E-state index contributed by atoms with van der Waals surface area (Å²) < 4.78 is 5.49. The van der Waals surface area contributed by atoms with Gasteiger partial charge in [0, 0.05) is 17.8 Å². The van der Waals surface area contributed by atoms with Crippen molar-refractivity contribution in [3.63, 3.8) is 0 Å². The lowest BCUT2D eigenvalue weighted by Gasteiger charge is -2.22. The second kappa shape index (κ2) is 7.77. The molecule has 29 heavy (non-hydrogen) atoms. The lowest BCUT2D eigenvalue weighted by molar-refractivity contribution is 0.100. The Bertz CT molecular complexity index is 1000. The third-order valence-electron chi connectivity index (χ3n) is 5.24. The Hall–Kier alpha value is -3.03. The highest BCUT2D eigenvalue weighted by Crippen LogP contribution is 2.31. The summed E-state index contributed by atoms with van der Waals surface area (Å²) in [5.41, 5.74) is 0.148. The Morgan fingerprint density at radius 3 is 2.79 bits per heavy atom. The summed E-state index contributed by atoms with van der Waals surface area (Å²) >= 11 is 0. The Morgan fingerprint density at radius 1 is 1.28 bits per heavy atom. The van der Waals surface area contributed by atoms with E-state index in [2.05, 4.69) is 15.3 Å². The summed E-state index contributed by atoms with van der Waals surface area (Å²) in [7, 11) is 0. The van der Waals surface area contributed by atoms with E-state index in [0.29, 0.717) is 29.8 Å². The largest absolute Gasteiger partial charge is 0.460 e. The quantitative estimate of drug-likeness (QED) is 0.554. The Labute approximate surface area is 168 Å². The maximum Gasteiger partial charge on any atom is 0.233 e. The fourth-order valence-corrected chi connectivity index (χ4v) is 3.50. The van der Waals surface area contributed by atoms with Gasteiger partial charge in [-0.25, -0.2) is 9.97 Å². The molecule has 3 N–H and O–H groups in total. The molecule has 149 valence electrons. The summed E-state index contributed by atoms with van der Waals surface area (Å²) in [5.74, 6) is 0.100. The first-order valence-electron chi connectivity index (χ1n) is 9.44. The second-order valence-corrected chi connectivity index (χ2v) is 7.37. The van der Waals surface area contributed by atoms with Crippen LogP contribution in [0, 0.1) is 6.42 Å². The fraction of sp³-hybridized carbons (Fsp3) is 0.273. The van der Waals surface area contributed by atoms with Crippen molar-refractivity contribution in [1.82, 2.24) is 9.97 Å². The van der Waals surface area contributed by atoms with E-state index in [1.807, 2.05) is 36.8 Å². The predicted octanol–water partition coefficient (Wildman–Crippen LogP) is 2.70. The van der Waals surface area contributed by atoms with E-state index in [4.69, 9.17) is 4.42 Å². The number of hydrogen-bond donors (Lipinski definition) is 3. The van der Waals surface area contributed by atoms with Crippen LogP contribution in [0.1, 0.15) is 47.0 Å². The monoisotopic (exact) mass is 392 g/mol. The van der Waals surface area contributed by atoms with Crippen molar-refractivity contribution < 1.29 is 19.4 Å². The van der Waals surface area contributed by atoms with Gasteiger partial charge in [0.25, 0.3) is 0 Å². The van der Waals surface area contributed by atoms with Crippen molar-refractivity contribution >= 4 is 11.6 Å². The van der Waals surface area contributed by atoms with Gasteiger partial charge >= 0.3 is 0 Å². The van der Waals surface area contributed by atoms with Gasteiger partial charge < -0.3 is 19.9 Å². The smallest absolute Gasteiger partial charge is 0.233 e. The first-order chi connectivity index (χ1) is 13.9. The van der Waals surface area contributed by atoms with E-state index in [-0.39, 0.29) is 23.1 Å². The highest BCUT2D eigenvalue weighted by Gasteiger charge is 2.30. The van der Waals surface area contributed by atoms with Crippen LogP contribution < -0.4 is 5.32 Å². The number of anilines is 1. The van der Waals surface area contributed by atoms with Gasteiger partial charge in [-0.1, -0.05) is 30.3 Å². The van der Waals surface area contributed by atoms with Gasteiger partial charge in [0.15, 0.2) is 5.76 Å². The molecule has 0 aliphatic heterocycles. The first kappa shape index (κ1) is 19.3. The summed E-state index contributed by atoms with van der Waals surface area (Å²) in [5, 5.41) is 23.8. The minimum absolute atomic E-state index is 0.00238. The van der Waals surface area contributed by atoms with Crippen LogP contribution in [0.5, 0.6) is 0 Å². The number of aliphatic hydroxyl groups excluding tert-OH is 1. The standard InChI is InChI=1S/C22H22N3O4/c1-22(28,14-5-3-2-4-6-14)15-9-19(29-12-15)20(27)18-11-23-13-24-21(18)25-16-7-8-17(26)10-16/h2-6,8-9,11-13,16-17,26,28H,7,10H2,1H3,(H,23,24,25)/t16-,17+,22+/m1/s1. The molecule has 2 heterocycles. The number of carbonyl (C=O) groups is 1. The third kappa shape index (κ3) is 3.92. The van der Waals surface area contributed by atoms with E-state index in [9.17, 15) is 15.0 Å². The van der Waals surface area contributed by atoms with Crippen LogP contribution in [0.2, 0.25) is 0 Å². The summed E-state index contributed by atoms with van der Waals surface area (Å²) in [6.07, 6.45) is 6.80. The van der Waals surface area contributed by atoms with Crippen molar-refractivity contribution in [1.29, 1.82) is 0 Å². The predicted molar refractivity (Wildman–Crippen MR) is 106 cm³/mol. The number of carbonyl (C=O) groups excluding carboxylic acids is 1. The zero-order valence-electron chi connectivity index (χ0n) is 15.9. The Kier molecular flexibility index (Phi) is 5.17. The zero-order valence-corrected chi connectivity index (χ0v) is 15.9. The maximum atomic E-state index is 13.0. The van der Waals surface area contributed by atoms with Crippen LogP contribution in [0.25, 0.3) is 0 Å². The van der Waals surface area contributed by atoms with Crippen LogP contribution in [0.3, 0.4) is 0 Å². The van der Waals surface area contributed by atoms with Crippen molar-refractivity contribution in [3.05, 3.63) is 84.1 Å². The van der Waals surface area contributed by atoms with E-state index < -0.39 is 11.7 Å². The van der Waals surface area contributed by atoms with E-state index in [0.717, 1.165) is 0 Å². The van der Waals surface area contributed by atoms with Crippen LogP contribution in [-0.4, -0.2) is 38.1 Å². The number of furan rings is 1. The molecule has 1 aliphatic rings. The molecular weight excluding hydrogens is 370 g/mol. The fourth-order valence-electron chi connectivity index (χ4n) is 3.50. The van der Waals surface area contributed by atoms with Crippen LogP contribution in [-0.2, 0) is 5.60 Å². The molecule has 0 unspecified atom stereocenters. The molecule has 1 saturated carbocycles. The van der Waals surface area contributed by atoms with Gasteiger partial charge in [0.05, 0.1) is 17.9 Å². The molecule has 0 spiro atoms. The van der Waals surface area contributed by atoms with E-state index in [1.165, 1.54) is 18.8 Å². The van der Waals surface area contributed by atoms with E-state index in [1.54, 1.807) is 13.0 Å². The number of hydrogen-bond acceptors (Lipinski definition) is 7. The molecule has 3 atom stereocenters. The first-order valence-corrected chi connectivity index (χ1v) is 9.44. The highest BCUT2D eigenvalue weighted by atomic mass is 16.3. The number of ketones is 1. The van der Waals surface area contributed by atoms with Gasteiger partial charge in [0.2, 0.25) is 5.78 Å². The summed E-state index contributed by atoms with van der Waals surface area (Å²) in [6, 6.07) is 10.7. The zero-order chi connectivity index (χ0) is 20.4. The molecule has 1 aliphatic carbocycles. The van der Waals surface area contributed by atoms with Crippen LogP contribution in [0.4, 0.5) is 5.82 Å². The Balaban J connectivity index is 1.59. The second-order valence-electron chi connectivity index (χ2n) is 7.37. The molecule has 7 heteroatoms. The van der Waals surface area contributed by atoms with Gasteiger partial charge in [-0.3, -0.25) is 4.79 Å². The average molecular weight is 392 g/mol. The van der Waals surface area contributed by atoms with Gasteiger partial charge in [-0.15, -0.1) is 0 Å². The maximum absolute atomic E-state index is 13.0.